The number of rotatable bonds is 9. The Morgan fingerprint density at radius 3 is 2.34 bits per heavy atom. The molecule has 8 nitrogen and oxygen atoms in total. The van der Waals surface area contributed by atoms with Crippen LogP contribution in [0.3, 0.4) is 0 Å². The van der Waals surface area contributed by atoms with E-state index >= 15 is 0 Å². The summed E-state index contributed by atoms with van der Waals surface area (Å²) in [6.45, 7) is -0.0488. The highest BCUT2D eigenvalue weighted by molar-refractivity contribution is 7.89. The van der Waals surface area contributed by atoms with E-state index in [-0.39, 0.29) is 23.4 Å². The third-order valence-electron chi connectivity index (χ3n) is 7.62. The monoisotopic (exact) mass is 579 g/mol. The molecule has 1 heterocycles. The first-order valence-electron chi connectivity index (χ1n) is 14.0. The molecular weight excluding hydrogens is 545 g/mol. The minimum Gasteiger partial charge on any atom is -0.477 e. The molecule has 216 valence electrons. The van der Waals surface area contributed by atoms with Crippen molar-refractivity contribution in [1.82, 2.24) is 9.62 Å². The molecule has 1 N–H and O–H groups in total. The van der Waals surface area contributed by atoms with Gasteiger partial charge >= 0.3 is 0 Å². The molecule has 1 fully saturated rings. The van der Waals surface area contributed by atoms with Crippen molar-refractivity contribution >= 4 is 27.5 Å². The van der Waals surface area contributed by atoms with Crippen LogP contribution in [0.15, 0.2) is 83.8 Å². The van der Waals surface area contributed by atoms with Crippen LogP contribution in [0, 0.1) is 5.82 Å². The Labute approximate surface area is 240 Å². The van der Waals surface area contributed by atoms with Gasteiger partial charge in [0.15, 0.2) is 6.10 Å². The maximum absolute atomic E-state index is 13.9. The van der Waals surface area contributed by atoms with Gasteiger partial charge in [0, 0.05) is 12.6 Å². The Morgan fingerprint density at radius 2 is 1.61 bits per heavy atom. The fourth-order valence-corrected chi connectivity index (χ4v) is 7.07. The van der Waals surface area contributed by atoms with Crippen molar-refractivity contribution < 1.29 is 27.1 Å². The van der Waals surface area contributed by atoms with Gasteiger partial charge < -0.3 is 15.0 Å². The molecule has 0 saturated heterocycles. The van der Waals surface area contributed by atoms with Crippen LogP contribution >= 0.6 is 0 Å². The van der Waals surface area contributed by atoms with Gasteiger partial charge in [0.2, 0.25) is 15.9 Å². The Morgan fingerprint density at radius 1 is 0.927 bits per heavy atom. The second-order valence-corrected chi connectivity index (χ2v) is 12.3. The van der Waals surface area contributed by atoms with E-state index in [1.807, 2.05) is 30.3 Å². The van der Waals surface area contributed by atoms with Gasteiger partial charge in [-0.1, -0.05) is 61.7 Å². The van der Waals surface area contributed by atoms with Gasteiger partial charge in [-0.2, -0.15) is 4.31 Å². The number of para-hydroxylation sites is 2. The number of amides is 2. The van der Waals surface area contributed by atoms with Crippen molar-refractivity contribution in [3.8, 4) is 5.75 Å². The zero-order chi connectivity index (χ0) is 28.8. The van der Waals surface area contributed by atoms with Crippen molar-refractivity contribution in [2.75, 3.05) is 24.5 Å². The lowest BCUT2D eigenvalue weighted by Crippen LogP contribution is -2.54. The number of carbonyl (C=O) groups excluding carboxylic acids is 2. The Balaban J connectivity index is 1.35. The number of ether oxygens (including phenoxy) is 1. The third kappa shape index (κ3) is 6.77. The number of nitrogens with zero attached hydrogens (tertiary/aromatic N) is 2. The summed E-state index contributed by atoms with van der Waals surface area (Å²) < 4.78 is 48.3. The van der Waals surface area contributed by atoms with Crippen molar-refractivity contribution in [3.63, 3.8) is 0 Å². The number of sulfonamides is 1. The van der Waals surface area contributed by atoms with E-state index in [2.05, 4.69) is 5.32 Å². The van der Waals surface area contributed by atoms with Gasteiger partial charge in [-0.15, -0.1) is 0 Å². The van der Waals surface area contributed by atoms with Crippen molar-refractivity contribution in [2.45, 2.75) is 55.6 Å². The number of fused-ring (bicyclic) bond motifs is 1. The molecule has 41 heavy (non-hydrogen) atoms. The quantitative estimate of drug-likeness (QED) is 0.408. The van der Waals surface area contributed by atoms with E-state index in [1.54, 1.807) is 24.3 Å². The summed E-state index contributed by atoms with van der Waals surface area (Å²) in [7, 11) is -4.09. The molecule has 0 aromatic heterocycles. The maximum Gasteiger partial charge on any atom is 0.262 e. The Kier molecular flexibility index (Phi) is 8.99. The molecule has 0 spiro atoms. The highest BCUT2D eigenvalue weighted by Gasteiger charge is 2.38. The van der Waals surface area contributed by atoms with Crippen molar-refractivity contribution in [1.29, 1.82) is 0 Å². The molecule has 2 amide bonds. The van der Waals surface area contributed by atoms with E-state index in [9.17, 15) is 22.4 Å². The number of benzene rings is 3. The van der Waals surface area contributed by atoms with E-state index in [4.69, 9.17) is 4.74 Å². The maximum atomic E-state index is 13.9. The summed E-state index contributed by atoms with van der Waals surface area (Å²) in [4.78, 5) is 28.4. The van der Waals surface area contributed by atoms with E-state index < -0.39 is 34.4 Å². The molecule has 10 heteroatoms. The van der Waals surface area contributed by atoms with E-state index in [0.29, 0.717) is 37.2 Å². The van der Waals surface area contributed by atoms with Crippen LogP contribution in [0.25, 0.3) is 0 Å². The molecule has 1 saturated carbocycles. The summed E-state index contributed by atoms with van der Waals surface area (Å²) in [5.74, 6) is -0.974. The summed E-state index contributed by atoms with van der Waals surface area (Å²) >= 11 is 0. The molecule has 1 atom stereocenters. The average molecular weight is 580 g/mol. The second kappa shape index (κ2) is 12.8. The lowest BCUT2D eigenvalue weighted by molar-refractivity contribution is -0.128. The first kappa shape index (κ1) is 28.8. The van der Waals surface area contributed by atoms with Crippen LogP contribution < -0.4 is 15.0 Å². The Hall–Kier alpha value is -3.76. The van der Waals surface area contributed by atoms with Crippen LogP contribution in [0.4, 0.5) is 10.1 Å². The van der Waals surface area contributed by atoms with Gasteiger partial charge in [-0.25, -0.2) is 12.8 Å². The third-order valence-corrected chi connectivity index (χ3v) is 9.53. The predicted molar refractivity (Wildman–Crippen MR) is 154 cm³/mol. The molecule has 3 aromatic carbocycles. The fourth-order valence-electron chi connectivity index (χ4n) is 5.44. The first-order chi connectivity index (χ1) is 19.8. The summed E-state index contributed by atoms with van der Waals surface area (Å²) in [5.41, 5.74) is 1.57. The highest BCUT2D eigenvalue weighted by Crippen LogP contribution is 2.34. The standard InChI is InChI=1S/C31H34FN3O5S/c32-24-15-17-26(18-16-24)41(38,39)35(25-11-5-2-6-12-25)22-30(36)34-21-29(40-28-14-8-7-13-27(28)34)31(37)33-20-19-23-9-3-1-4-10-23/h1,3-4,7-10,13-18,25,29H,2,5-6,11-12,19-22H2,(H,33,37). The normalized spacial score (nSPS) is 17.5. The highest BCUT2D eigenvalue weighted by atomic mass is 32.2. The van der Waals surface area contributed by atoms with E-state index in [0.717, 1.165) is 37.0 Å². The van der Waals surface area contributed by atoms with Gasteiger partial charge in [0.1, 0.15) is 11.6 Å². The minimum absolute atomic E-state index is 0.0535. The zero-order valence-corrected chi connectivity index (χ0v) is 23.6. The molecule has 0 radical (unpaired) electrons. The lowest BCUT2D eigenvalue weighted by atomic mass is 9.95. The molecule has 3 aromatic rings. The van der Waals surface area contributed by atoms with Gasteiger partial charge in [0.25, 0.3) is 5.91 Å². The van der Waals surface area contributed by atoms with Crippen LogP contribution in [0.1, 0.15) is 37.7 Å². The number of hydrogen-bond donors (Lipinski definition) is 1. The number of hydrogen-bond acceptors (Lipinski definition) is 5. The molecule has 0 bridgehead atoms. The largest absolute Gasteiger partial charge is 0.477 e. The number of halogens is 1. The predicted octanol–water partition coefficient (Wildman–Crippen LogP) is 4.30. The minimum atomic E-state index is -4.09. The topological polar surface area (TPSA) is 96.0 Å². The van der Waals surface area contributed by atoms with Crippen LogP contribution in [0.5, 0.6) is 5.75 Å². The van der Waals surface area contributed by atoms with Gasteiger partial charge in [0.05, 0.1) is 23.7 Å². The number of carbonyl (C=O) groups is 2. The molecular formula is C31H34FN3O5S. The smallest absolute Gasteiger partial charge is 0.262 e. The van der Waals surface area contributed by atoms with Crippen molar-refractivity contribution in [2.24, 2.45) is 0 Å². The second-order valence-electron chi connectivity index (χ2n) is 10.4. The zero-order valence-electron chi connectivity index (χ0n) is 22.7. The summed E-state index contributed by atoms with van der Waals surface area (Å²) in [6, 6.07) is 21.0. The van der Waals surface area contributed by atoms with Crippen molar-refractivity contribution in [3.05, 3.63) is 90.2 Å². The number of anilines is 1. The fraction of sp³-hybridized carbons (Fsp3) is 0.355. The molecule has 5 rings (SSSR count). The SMILES string of the molecule is O=C(NCCc1ccccc1)C1CN(C(=O)CN(C2CCCCC2)S(=O)(=O)c2ccc(F)cc2)c2ccccc2O1. The summed E-state index contributed by atoms with van der Waals surface area (Å²) in [6.07, 6.45) is 3.70. The lowest BCUT2D eigenvalue weighted by Gasteiger charge is -2.37. The van der Waals surface area contributed by atoms with Crippen LogP contribution in [0.2, 0.25) is 0 Å². The van der Waals surface area contributed by atoms with Crippen LogP contribution in [-0.4, -0.2) is 56.3 Å². The first-order valence-corrected chi connectivity index (χ1v) is 15.4. The average Bonchev–Trinajstić information content (AvgIpc) is 3.00. The molecule has 1 unspecified atom stereocenters. The molecule has 2 aliphatic rings. The van der Waals surface area contributed by atoms with E-state index in [1.165, 1.54) is 21.3 Å². The van der Waals surface area contributed by atoms with Crippen LogP contribution in [-0.2, 0) is 26.0 Å². The Bertz CT molecular complexity index is 1460. The summed E-state index contributed by atoms with van der Waals surface area (Å²) in [5, 5.41) is 2.90. The van der Waals surface area contributed by atoms with Gasteiger partial charge in [-0.3, -0.25) is 9.59 Å². The van der Waals surface area contributed by atoms with Gasteiger partial charge in [-0.05, 0) is 61.2 Å². The number of nitrogens with one attached hydrogen (secondary N) is 1. The molecule has 1 aliphatic heterocycles. The molecule has 1 aliphatic carbocycles.